The minimum atomic E-state index is 0.819. The van der Waals surface area contributed by atoms with E-state index < -0.39 is 0 Å². The zero-order valence-corrected chi connectivity index (χ0v) is 15.8. The van der Waals surface area contributed by atoms with Crippen LogP contribution in [0, 0.1) is 0 Å². The molecule has 3 aromatic rings. The summed E-state index contributed by atoms with van der Waals surface area (Å²) in [5.41, 5.74) is 3.34. The van der Waals surface area contributed by atoms with Gasteiger partial charge in [-0.1, -0.05) is 12.1 Å². The van der Waals surface area contributed by atoms with Crippen molar-refractivity contribution in [2.75, 3.05) is 33.2 Å². The first-order valence-corrected chi connectivity index (χ1v) is 8.54. The summed E-state index contributed by atoms with van der Waals surface area (Å²) in [7, 11) is 7.76. The van der Waals surface area contributed by atoms with E-state index in [1.54, 1.807) is 7.11 Å². The van der Waals surface area contributed by atoms with Gasteiger partial charge in [0.15, 0.2) is 0 Å². The highest BCUT2D eigenvalue weighted by molar-refractivity contribution is 5.39. The Labute approximate surface area is 154 Å². The van der Waals surface area contributed by atoms with Gasteiger partial charge in [-0.15, -0.1) is 0 Å². The summed E-state index contributed by atoms with van der Waals surface area (Å²) in [6.07, 6.45) is 5.90. The maximum absolute atomic E-state index is 5.28. The van der Waals surface area contributed by atoms with Crippen LogP contribution in [0.2, 0.25) is 0 Å². The summed E-state index contributed by atoms with van der Waals surface area (Å²) in [4.78, 5) is 8.72. The number of hydrogen-bond donors (Lipinski definition) is 0. The van der Waals surface area contributed by atoms with Crippen molar-refractivity contribution >= 4 is 5.82 Å². The number of nitrogens with zero attached hydrogens (tertiary/aromatic N) is 5. The zero-order chi connectivity index (χ0) is 18.5. The fourth-order valence-corrected chi connectivity index (χ4v) is 2.79. The summed E-state index contributed by atoms with van der Waals surface area (Å²) in [6.45, 7) is 1.66. The number of anilines is 1. The van der Waals surface area contributed by atoms with Crippen LogP contribution in [0.25, 0.3) is 5.69 Å². The highest BCUT2D eigenvalue weighted by Gasteiger charge is 2.07. The van der Waals surface area contributed by atoms with E-state index in [4.69, 9.17) is 4.74 Å². The lowest BCUT2D eigenvalue weighted by Gasteiger charge is -2.16. The third kappa shape index (κ3) is 4.40. The Kier molecular flexibility index (Phi) is 5.53. The molecule has 0 unspecified atom stereocenters. The molecule has 0 N–H and O–H groups in total. The van der Waals surface area contributed by atoms with Crippen LogP contribution in [-0.4, -0.2) is 47.9 Å². The molecule has 1 aromatic carbocycles. The summed E-state index contributed by atoms with van der Waals surface area (Å²) >= 11 is 0. The van der Waals surface area contributed by atoms with Crippen molar-refractivity contribution in [2.24, 2.45) is 0 Å². The summed E-state index contributed by atoms with van der Waals surface area (Å²) in [5, 5.41) is 4.47. The molecule has 0 aliphatic heterocycles. The largest absolute Gasteiger partial charge is 0.497 e. The van der Waals surface area contributed by atoms with Gasteiger partial charge in [0.05, 0.1) is 19.0 Å². The molecule has 0 radical (unpaired) electrons. The standard InChI is InChI=1S/C20H25N5O/c1-23(2)20-9-8-16(11-21-20)13-24(3)14-17-12-22-25(15-17)18-6-5-7-19(10-18)26-4/h5-12,15H,13-14H2,1-4H3. The highest BCUT2D eigenvalue weighted by atomic mass is 16.5. The maximum Gasteiger partial charge on any atom is 0.127 e. The molecule has 6 nitrogen and oxygen atoms in total. The molecule has 0 aliphatic carbocycles. The average molecular weight is 351 g/mol. The van der Waals surface area contributed by atoms with E-state index in [0.717, 1.165) is 35.9 Å². The Morgan fingerprint density at radius 2 is 1.81 bits per heavy atom. The van der Waals surface area contributed by atoms with Gasteiger partial charge in [0.2, 0.25) is 0 Å². The number of methoxy groups -OCH3 is 1. The second kappa shape index (κ2) is 8.01. The van der Waals surface area contributed by atoms with E-state index in [1.807, 2.05) is 66.4 Å². The highest BCUT2D eigenvalue weighted by Crippen LogP contribution is 2.17. The molecule has 0 saturated heterocycles. The second-order valence-electron chi connectivity index (χ2n) is 6.59. The van der Waals surface area contributed by atoms with E-state index in [-0.39, 0.29) is 0 Å². The third-order valence-corrected chi connectivity index (χ3v) is 4.13. The molecule has 0 atom stereocenters. The molecule has 0 fully saturated rings. The topological polar surface area (TPSA) is 46.4 Å². The van der Waals surface area contributed by atoms with E-state index in [0.29, 0.717) is 0 Å². The Morgan fingerprint density at radius 1 is 1.00 bits per heavy atom. The first-order chi connectivity index (χ1) is 12.5. The molecule has 26 heavy (non-hydrogen) atoms. The molecule has 136 valence electrons. The number of aromatic nitrogens is 3. The normalized spacial score (nSPS) is 11.0. The molecule has 2 heterocycles. The smallest absolute Gasteiger partial charge is 0.127 e. The Bertz CT molecular complexity index is 841. The predicted molar refractivity (Wildman–Crippen MR) is 104 cm³/mol. The minimum Gasteiger partial charge on any atom is -0.497 e. The van der Waals surface area contributed by atoms with Crippen molar-refractivity contribution in [3.8, 4) is 11.4 Å². The van der Waals surface area contributed by atoms with Crippen molar-refractivity contribution in [2.45, 2.75) is 13.1 Å². The lowest BCUT2D eigenvalue weighted by Crippen LogP contribution is -2.17. The second-order valence-corrected chi connectivity index (χ2v) is 6.59. The maximum atomic E-state index is 5.28. The van der Waals surface area contributed by atoms with Crippen LogP contribution in [0.4, 0.5) is 5.82 Å². The van der Waals surface area contributed by atoms with Gasteiger partial charge in [-0.05, 0) is 30.8 Å². The van der Waals surface area contributed by atoms with Crippen LogP contribution < -0.4 is 9.64 Å². The number of hydrogen-bond acceptors (Lipinski definition) is 5. The van der Waals surface area contributed by atoms with E-state index in [9.17, 15) is 0 Å². The molecule has 0 spiro atoms. The van der Waals surface area contributed by atoms with Crippen LogP contribution >= 0.6 is 0 Å². The lowest BCUT2D eigenvalue weighted by molar-refractivity contribution is 0.318. The molecule has 0 bridgehead atoms. The van der Waals surface area contributed by atoms with Gasteiger partial charge in [0.1, 0.15) is 11.6 Å². The Hall–Kier alpha value is -2.86. The van der Waals surface area contributed by atoms with Gasteiger partial charge in [0.25, 0.3) is 0 Å². The van der Waals surface area contributed by atoms with Gasteiger partial charge in [-0.25, -0.2) is 9.67 Å². The lowest BCUT2D eigenvalue weighted by atomic mass is 10.2. The van der Waals surface area contributed by atoms with Crippen LogP contribution in [-0.2, 0) is 13.1 Å². The van der Waals surface area contributed by atoms with Crippen LogP contribution in [0.15, 0.2) is 55.0 Å². The van der Waals surface area contributed by atoms with Gasteiger partial charge in [-0.3, -0.25) is 4.90 Å². The molecular formula is C20H25N5O. The summed E-state index contributed by atoms with van der Waals surface area (Å²) < 4.78 is 7.15. The molecule has 0 saturated carbocycles. The van der Waals surface area contributed by atoms with Crippen molar-refractivity contribution in [1.29, 1.82) is 0 Å². The first-order valence-electron chi connectivity index (χ1n) is 8.54. The Morgan fingerprint density at radius 3 is 2.50 bits per heavy atom. The van der Waals surface area contributed by atoms with E-state index in [1.165, 1.54) is 5.56 Å². The first kappa shape index (κ1) is 17.9. The van der Waals surface area contributed by atoms with Gasteiger partial charge in [0, 0.05) is 51.2 Å². The molecule has 0 amide bonds. The minimum absolute atomic E-state index is 0.819. The zero-order valence-electron chi connectivity index (χ0n) is 15.8. The number of pyridine rings is 1. The summed E-state index contributed by atoms with van der Waals surface area (Å²) in [5.74, 6) is 1.79. The van der Waals surface area contributed by atoms with Gasteiger partial charge >= 0.3 is 0 Å². The van der Waals surface area contributed by atoms with Crippen LogP contribution in [0.1, 0.15) is 11.1 Å². The molecule has 2 aromatic heterocycles. The Balaban J connectivity index is 1.63. The van der Waals surface area contributed by atoms with Crippen LogP contribution in [0.5, 0.6) is 5.75 Å². The van der Waals surface area contributed by atoms with Crippen molar-refractivity contribution in [3.63, 3.8) is 0 Å². The SMILES string of the molecule is COc1cccc(-n2cc(CN(C)Cc3ccc(N(C)C)nc3)cn2)c1. The van der Waals surface area contributed by atoms with E-state index >= 15 is 0 Å². The molecule has 0 aliphatic rings. The van der Waals surface area contributed by atoms with Crippen molar-refractivity contribution < 1.29 is 4.74 Å². The molecule has 6 heteroatoms. The fraction of sp³-hybridized carbons (Fsp3) is 0.300. The van der Waals surface area contributed by atoms with Crippen LogP contribution in [0.3, 0.4) is 0 Å². The third-order valence-electron chi connectivity index (χ3n) is 4.13. The molecular weight excluding hydrogens is 326 g/mol. The van der Waals surface area contributed by atoms with Gasteiger partial charge in [-0.2, -0.15) is 5.10 Å². The fourth-order valence-electron chi connectivity index (χ4n) is 2.79. The number of ether oxygens (including phenoxy) is 1. The van der Waals surface area contributed by atoms with E-state index in [2.05, 4.69) is 34.3 Å². The van der Waals surface area contributed by atoms with Gasteiger partial charge < -0.3 is 9.64 Å². The van der Waals surface area contributed by atoms with Crippen molar-refractivity contribution in [3.05, 3.63) is 66.1 Å². The van der Waals surface area contributed by atoms with Crippen molar-refractivity contribution in [1.82, 2.24) is 19.7 Å². The summed E-state index contributed by atoms with van der Waals surface area (Å²) in [6, 6.07) is 12.0. The quantitative estimate of drug-likeness (QED) is 0.655. The molecule has 3 rings (SSSR count). The predicted octanol–water partition coefficient (Wildman–Crippen LogP) is 2.97. The number of rotatable bonds is 7. The monoisotopic (exact) mass is 351 g/mol. The number of benzene rings is 1. The average Bonchev–Trinajstić information content (AvgIpc) is 3.10.